The SMILES string of the molecule is CCOc1ccc2nc(NC(=O)C3CCN(S(=O)(=O)c4ccc(C)cc4)CC3)sc2c1. The fourth-order valence-corrected chi connectivity index (χ4v) is 6.01. The molecule has 0 saturated carbocycles. The second-order valence-electron chi connectivity index (χ2n) is 7.56. The number of aryl methyl sites for hydroxylation is 1. The van der Waals surface area contributed by atoms with E-state index in [-0.39, 0.29) is 11.8 Å². The molecule has 2 heterocycles. The number of fused-ring (bicyclic) bond motifs is 1. The molecule has 1 fully saturated rings. The van der Waals surface area contributed by atoms with E-state index in [0.29, 0.717) is 42.6 Å². The van der Waals surface area contributed by atoms with Gasteiger partial charge in [-0.3, -0.25) is 4.79 Å². The van der Waals surface area contributed by atoms with E-state index in [0.717, 1.165) is 21.5 Å². The van der Waals surface area contributed by atoms with Crippen LogP contribution in [0.4, 0.5) is 5.13 Å². The van der Waals surface area contributed by atoms with Gasteiger partial charge in [0.15, 0.2) is 5.13 Å². The predicted octanol–water partition coefficient (Wildman–Crippen LogP) is 4.04. The van der Waals surface area contributed by atoms with Gasteiger partial charge in [0.2, 0.25) is 15.9 Å². The summed E-state index contributed by atoms with van der Waals surface area (Å²) in [6, 6.07) is 12.5. The number of benzene rings is 2. The molecule has 0 atom stereocenters. The van der Waals surface area contributed by atoms with Crippen LogP contribution in [-0.4, -0.2) is 43.3 Å². The summed E-state index contributed by atoms with van der Waals surface area (Å²) < 4.78 is 33.6. The third-order valence-corrected chi connectivity index (χ3v) is 8.23. The second kappa shape index (κ2) is 8.94. The van der Waals surface area contributed by atoms with E-state index >= 15 is 0 Å². The number of ether oxygens (including phenoxy) is 1. The van der Waals surface area contributed by atoms with Gasteiger partial charge in [0.05, 0.1) is 21.7 Å². The molecule has 31 heavy (non-hydrogen) atoms. The number of thiazole rings is 1. The summed E-state index contributed by atoms with van der Waals surface area (Å²) in [7, 11) is -3.53. The number of nitrogens with zero attached hydrogens (tertiary/aromatic N) is 2. The molecule has 3 aromatic rings. The second-order valence-corrected chi connectivity index (χ2v) is 10.5. The van der Waals surface area contributed by atoms with Crippen LogP contribution in [0, 0.1) is 12.8 Å². The van der Waals surface area contributed by atoms with Crippen molar-refractivity contribution in [2.75, 3.05) is 25.0 Å². The Morgan fingerprint density at radius 2 is 1.90 bits per heavy atom. The zero-order valence-electron chi connectivity index (χ0n) is 17.5. The monoisotopic (exact) mass is 459 g/mol. The van der Waals surface area contributed by atoms with Crippen molar-refractivity contribution in [1.82, 2.24) is 9.29 Å². The molecule has 0 radical (unpaired) electrons. The molecular weight excluding hydrogens is 434 g/mol. The number of carbonyl (C=O) groups is 1. The fourth-order valence-electron chi connectivity index (χ4n) is 3.64. The average Bonchev–Trinajstić information content (AvgIpc) is 3.16. The van der Waals surface area contributed by atoms with E-state index in [2.05, 4.69) is 10.3 Å². The molecule has 2 aromatic carbocycles. The van der Waals surface area contributed by atoms with E-state index < -0.39 is 10.0 Å². The maximum absolute atomic E-state index is 12.8. The van der Waals surface area contributed by atoms with Gasteiger partial charge in [-0.2, -0.15) is 4.31 Å². The Bertz CT molecular complexity index is 1180. The van der Waals surface area contributed by atoms with Gasteiger partial charge < -0.3 is 10.1 Å². The van der Waals surface area contributed by atoms with Gasteiger partial charge in [-0.25, -0.2) is 13.4 Å². The van der Waals surface area contributed by atoms with Crippen LogP contribution in [0.25, 0.3) is 10.2 Å². The fraction of sp³-hybridized carbons (Fsp3) is 0.364. The number of aromatic nitrogens is 1. The highest BCUT2D eigenvalue weighted by molar-refractivity contribution is 7.89. The van der Waals surface area contributed by atoms with Crippen molar-refractivity contribution in [3.8, 4) is 5.75 Å². The van der Waals surface area contributed by atoms with E-state index in [4.69, 9.17) is 4.74 Å². The van der Waals surface area contributed by atoms with Crippen LogP contribution in [0.3, 0.4) is 0 Å². The van der Waals surface area contributed by atoms with Crippen LogP contribution in [0.15, 0.2) is 47.4 Å². The minimum atomic E-state index is -3.53. The third-order valence-electron chi connectivity index (χ3n) is 5.38. The van der Waals surface area contributed by atoms with E-state index in [9.17, 15) is 13.2 Å². The molecule has 164 valence electrons. The molecule has 1 amide bonds. The molecule has 1 aliphatic rings. The highest BCUT2D eigenvalue weighted by atomic mass is 32.2. The van der Waals surface area contributed by atoms with Crippen LogP contribution in [0.2, 0.25) is 0 Å². The van der Waals surface area contributed by atoms with E-state index in [1.807, 2.05) is 32.0 Å². The van der Waals surface area contributed by atoms with Crippen molar-refractivity contribution in [2.24, 2.45) is 5.92 Å². The molecule has 1 aliphatic heterocycles. The first kappa shape index (κ1) is 21.7. The minimum Gasteiger partial charge on any atom is -0.494 e. The van der Waals surface area contributed by atoms with Gasteiger partial charge in [0.25, 0.3) is 0 Å². The molecule has 4 rings (SSSR count). The topological polar surface area (TPSA) is 88.6 Å². The number of sulfonamides is 1. The van der Waals surface area contributed by atoms with Crippen LogP contribution >= 0.6 is 11.3 Å². The maximum atomic E-state index is 12.8. The van der Waals surface area contributed by atoms with Gasteiger partial charge in [0.1, 0.15) is 5.75 Å². The Hall–Kier alpha value is -2.49. The first-order valence-corrected chi connectivity index (χ1v) is 12.5. The number of piperidine rings is 1. The van der Waals surface area contributed by atoms with Crippen molar-refractivity contribution in [3.05, 3.63) is 48.0 Å². The molecule has 1 saturated heterocycles. The lowest BCUT2D eigenvalue weighted by atomic mass is 9.97. The lowest BCUT2D eigenvalue weighted by Crippen LogP contribution is -2.41. The Kier molecular flexibility index (Phi) is 6.27. The number of nitrogens with one attached hydrogen (secondary N) is 1. The first-order valence-electron chi connectivity index (χ1n) is 10.3. The normalized spacial score (nSPS) is 15.8. The number of anilines is 1. The van der Waals surface area contributed by atoms with Crippen molar-refractivity contribution in [3.63, 3.8) is 0 Å². The lowest BCUT2D eigenvalue weighted by molar-refractivity contribution is -0.120. The quantitative estimate of drug-likeness (QED) is 0.601. The standard InChI is InChI=1S/C22H25N3O4S2/c1-3-29-17-6-9-19-20(14-17)30-22(23-19)24-21(26)16-10-12-25(13-11-16)31(27,28)18-7-4-15(2)5-8-18/h4-9,14,16H,3,10-13H2,1-2H3,(H,23,24,26). The number of carbonyl (C=O) groups excluding carboxylic acids is 1. The van der Waals surface area contributed by atoms with Gasteiger partial charge in [-0.05, 0) is 57.0 Å². The highest BCUT2D eigenvalue weighted by Gasteiger charge is 2.32. The van der Waals surface area contributed by atoms with Gasteiger partial charge in [-0.15, -0.1) is 0 Å². The summed E-state index contributed by atoms with van der Waals surface area (Å²) in [5.41, 5.74) is 1.82. The highest BCUT2D eigenvalue weighted by Crippen LogP contribution is 2.31. The molecular formula is C22H25N3O4S2. The Balaban J connectivity index is 1.38. The molecule has 9 heteroatoms. The molecule has 0 unspecified atom stereocenters. The maximum Gasteiger partial charge on any atom is 0.243 e. The summed E-state index contributed by atoms with van der Waals surface area (Å²) in [6.45, 7) is 5.09. The zero-order chi connectivity index (χ0) is 22.0. The molecule has 7 nitrogen and oxygen atoms in total. The summed E-state index contributed by atoms with van der Waals surface area (Å²) in [5.74, 6) is 0.422. The molecule has 1 N–H and O–H groups in total. The van der Waals surface area contributed by atoms with Gasteiger partial charge >= 0.3 is 0 Å². The summed E-state index contributed by atoms with van der Waals surface area (Å²) in [5, 5.41) is 3.45. The lowest BCUT2D eigenvalue weighted by Gasteiger charge is -2.30. The molecule has 0 bridgehead atoms. The molecule has 0 aliphatic carbocycles. The number of amides is 1. The largest absolute Gasteiger partial charge is 0.494 e. The Morgan fingerprint density at radius 3 is 2.58 bits per heavy atom. The smallest absolute Gasteiger partial charge is 0.243 e. The van der Waals surface area contributed by atoms with Crippen LogP contribution < -0.4 is 10.1 Å². The predicted molar refractivity (Wildman–Crippen MR) is 122 cm³/mol. The van der Waals surface area contributed by atoms with E-state index in [1.54, 1.807) is 24.3 Å². The minimum absolute atomic E-state index is 0.114. The van der Waals surface area contributed by atoms with Crippen LogP contribution in [0.1, 0.15) is 25.3 Å². The number of rotatable bonds is 6. The first-order chi connectivity index (χ1) is 14.9. The Labute approximate surface area is 186 Å². The Morgan fingerprint density at radius 1 is 1.19 bits per heavy atom. The van der Waals surface area contributed by atoms with Crippen molar-refractivity contribution in [2.45, 2.75) is 31.6 Å². The number of hydrogen-bond acceptors (Lipinski definition) is 6. The van der Waals surface area contributed by atoms with Gasteiger partial charge in [-0.1, -0.05) is 29.0 Å². The average molecular weight is 460 g/mol. The zero-order valence-corrected chi connectivity index (χ0v) is 19.1. The van der Waals surface area contributed by atoms with Crippen molar-refractivity contribution in [1.29, 1.82) is 0 Å². The number of hydrogen-bond donors (Lipinski definition) is 1. The van der Waals surface area contributed by atoms with Gasteiger partial charge in [0, 0.05) is 19.0 Å². The van der Waals surface area contributed by atoms with Crippen molar-refractivity contribution >= 4 is 42.6 Å². The van der Waals surface area contributed by atoms with Crippen molar-refractivity contribution < 1.29 is 17.9 Å². The third kappa shape index (κ3) is 4.73. The van der Waals surface area contributed by atoms with Crippen LogP contribution in [-0.2, 0) is 14.8 Å². The molecule has 0 spiro atoms. The summed E-state index contributed by atoms with van der Waals surface area (Å²) in [6.07, 6.45) is 0.965. The summed E-state index contributed by atoms with van der Waals surface area (Å²) >= 11 is 1.40. The summed E-state index contributed by atoms with van der Waals surface area (Å²) in [4.78, 5) is 17.5. The van der Waals surface area contributed by atoms with E-state index in [1.165, 1.54) is 15.6 Å². The van der Waals surface area contributed by atoms with Crippen LogP contribution in [0.5, 0.6) is 5.75 Å². The molecule has 1 aromatic heterocycles.